The number of halogens is 2. The van der Waals surface area contributed by atoms with Gasteiger partial charge in [-0.1, -0.05) is 11.6 Å². The van der Waals surface area contributed by atoms with Crippen LogP contribution in [0.5, 0.6) is 0 Å². The molecule has 9 nitrogen and oxygen atoms in total. The van der Waals surface area contributed by atoms with Crippen LogP contribution >= 0.6 is 11.6 Å². The van der Waals surface area contributed by atoms with Crippen LogP contribution in [0.2, 0.25) is 5.02 Å². The standard InChI is InChI=1S/C22H21ClFN5O4/c1-3-32-19(30)12-26-20-16(13-7-14(10-25-9-13)21(31)33-4-2)11-27-22(29-20)28-15-5-6-18(24)17(23)8-15/h5-11H,3-4,12H2,1-2H3,(H2,26,27,28,29). The Kier molecular flexibility index (Phi) is 8.09. The molecular formula is C22H21ClFN5O4. The molecule has 2 N–H and O–H groups in total. The molecule has 0 bridgehead atoms. The van der Waals surface area contributed by atoms with Gasteiger partial charge in [-0.25, -0.2) is 14.2 Å². The van der Waals surface area contributed by atoms with Crippen LogP contribution in [0.25, 0.3) is 11.1 Å². The highest BCUT2D eigenvalue weighted by Crippen LogP contribution is 2.28. The van der Waals surface area contributed by atoms with Gasteiger partial charge in [0.2, 0.25) is 5.95 Å². The molecule has 0 atom stereocenters. The summed E-state index contributed by atoms with van der Waals surface area (Å²) in [6.45, 7) is 3.73. The van der Waals surface area contributed by atoms with E-state index < -0.39 is 17.8 Å². The fourth-order valence-corrected chi connectivity index (χ4v) is 2.95. The van der Waals surface area contributed by atoms with Crippen LogP contribution < -0.4 is 10.6 Å². The second-order valence-corrected chi connectivity index (χ2v) is 6.96. The number of pyridine rings is 1. The number of esters is 2. The van der Waals surface area contributed by atoms with Crippen LogP contribution in [-0.4, -0.2) is 46.6 Å². The monoisotopic (exact) mass is 473 g/mol. The summed E-state index contributed by atoms with van der Waals surface area (Å²) >= 11 is 5.83. The summed E-state index contributed by atoms with van der Waals surface area (Å²) < 4.78 is 23.4. The zero-order chi connectivity index (χ0) is 23.8. The van der Waals surface area contributed by atoms with E-state index in [-0.39, 0.29) is 42.1 Å². The van der Waals surface area contributed by atoms with Gasteiger partial charge in [0.05, 0.1) is 23.8 Å². The molecule has 3 aromatic rings. The largest absolute Gasteiger partial charge is 0.465 e. The number of nitrogens with one attached hydrogen (secondary N) is 2. The van der Waals surface area contributed by atoms with E-state index in [1.54, 1.807) is 19.9 Å². The first-order valence-corrected chi connectivity index (χ1v) is 10.4. The summed E-state index contributed by atoms with van der Waals surface area (Å²) in [5.41, 5.74) is 1.74. The number of hydrogen-bond donors (Lipinski definition) is 2. The van der Waals surface area contributed by atoms with Crippen LogP contribution in [0.15, 0.2) is 42.9 Å². The number of hydrogen-bond acceptors (Lipinski definition) is 9. The van der Waals surface area contributed by atoms with E-state index >= 15 is 0 Å². The number of carbonyl (C=O) groups excluding carboxylic acids is 2. The highest BCUT2D eigenvalue weighted by Gasteiger charge is 2.15. The van der Waals surface area contributed by atoms with Gasteiger partial charge >= 0.3 is 11.9 Å². The molecule has 0 aliphatic rings. The molecule has 11 heteroatoms. The van der Waals surface area contributed by atoms with Crippen molar-refractivity contribution < 1.29 is 23.5 Å². The first-order chi connectivity index (χ1) is 15.9. The van der Waals surface area contributed by atoms with E-state index in [1.807, 2.05) is 0 Å². The van der Waals surface area contributed by atoms with Gasteiger partial charge < -0.3 is 20.1 Å². The molecule has 2 heterocycles. The summed E-state index contributed by atoms with van der Waals surface area (Å²) in [7, 11) is 0. The molecule has 33 heavy (non-hydrogen) atoms. The maximum absolute atomic E-state index is 13.4. The minimum absolute atomic E-state index is 0.0564. The first-order valence-electron chi connectivity index (χ1n) is 10.0. The first kappa shape index (κ1) is 23.9. The lowest BCUT2D eigenvalue weighted by molar-refractivity contribution is -0.140. The summed E-state index contributed by atoms with van der Waals surface area (Å²) in [4.78, 5) is 36.7. The van der Waals surface area contributed by atoms with Crippen molar-refractivity contribution in [3.8, 4) is 11.1 Å². The van der Waals surface area contributed by atoms with Gasteiger partial charge in [-0.05, 0) is 38.1 Å². The molecule has 1 aromatic carbocycles. The topological polar surface area (TPSA) is 115 Å². The predicted octanol–water partition coefficient (Wildman–Crippen LogP) is 4.23. The fraction of sp³-hybridized carbons (Fsp3) is 0.227. The van der Waals surface area contributed by atoms with Crippen LogP contribution in [0, 0.1) is 5.82 Å². The van der Waals surface area contributed by atoms with Crippen molar-refractivity contribution in [2.75, 3.05) is 30.4 Å². The molecule has 0 saturated carbocycles. The van der Waals surface area contributed by atoms with Crippen molar-refractivity contribution in [2.24, 2.45) is 0 Å². The van der Waals surface area contributed by atoms with Crippen LogP contribution in [-0.2, 0) is 14.3 Å². The normalized spacial score (nSPS) is 10.4. The molecule has 0 amide bonds. The Morgan fingerprint density at radius 1 is 1.09 bits per heavy atom. The third kappa shape index (κ3) is 6.36. The van der Waals surface area contributed by atoms with Gasteiger partial charge in [0, 0.05) is 35.4 Å². The van der Waals surface area contributed by atoms with Gasteiger partial charge in [-0.15, -0.1) is 0 Å². The highest BCUT2D eigenvalue weighted by atomic mass is 35.5. The lowest BCUT2D eigenvalue weighted by Crippen LogP contribution is -2.18. The van der Waals surface area contributed by atoms with Crippen molar-refractivity contribution in [3.05, 3.63) is 59.3 Å². The molecule has 0 saturated heterocycles. The second-order valence-electron chi connectivity index (χ2n) is 6.55. The number of ether oxygens (including phenoxy) is 2. The molecular weight excluding hydrogens is 453 g/mol. The van der Waals surface area contributed by atoms with E-state index in [0.29, 0.717) is 16.8 Å². The van der Waals surface area contributed by atoms with Gasteiger partial charge in [-0.2, -0.15) is 4.98 Å². The van der Waals surface area contributed by atoms with Crippen LogP contribution in [0.4, 0.5) is 21.8 Å². The van der Waals surface area contributed by atoms with Crippen molar-refractivity contribution in [1.29, 1.82) is 0 Å². The number of aromatic nitrogens is 3. The summed E-state index contributed by atoms with van der Waals surface area (Å²) in [6.07, 6.45) is 4.42. The maximum atomic E-state index is 13.4. The lowest BCUT2D eigenvalue weighted by Gasteiger charge is -2.13. The van der Waals surface area contributed by atoms with Crippen molar-refractivity contribution in [2.45, 2.75) is 13.8 Å². The number of anilines is 3. The number of carbonyl (C=O) groups is 2. The number of benzene rings is 1. The van der Waals surface area contributed by atoms with Crippen molar-refractivity contribution in [3.63, 3.8) is 0 Å². The quantitative estimate of drug-likeness (QED) is 0.440. The molecule has 2 aromatic heterocycles. The smallest absolute Gasteiger partial charge is 0.339 e. The molecule has 172 valence electrons. The zero-order valence-electron chi connectivity index (χ0n) is 17.9. The van der Waals surface area contributed by atoms with E-state index in [0.717, 1.165) is 0 Å². The molecule has 0 aliphatic heterocycles. The van der Waals surface area contributed by atoms with Crippen molar-refractivity contribution in [1.82, 2.24) is 15.0 Å². The second kappa shape index (κ2) is 11.2. The molecule has 3 rings (SSSR count). The Balaban J connectivity index is 1.94. The SMILES string of the molecule is CCOC(=O)CNc1nc(Nc2ccc(F)c(Cl)c2)ncc1-c1cncc(C(=O)OCC)c1. The average Bonchev–Trinajstić information content (AvgIpc) is 2.81. The minimum Gasteiger partial charge on any atom is -0.465 e. The maximum Gasteiger partial charge on any atom is 0.339 e. The molecule has 0 radical (unpaired) electrons. The van der Waals surface area contributed by atoms with Gasteiger partial charge in [0.15, 0.2) is 0 Å². The van der Waals surface area contributed by atoms with E-state index in [2.05, 4.69) is 25.6 Å². The van der Waals surface area contributed by atoms with Crippen LogP contribution in [0.3, 0.4) is 0 Å². The lowest BCUT2D eigenvalue weighted by atomic mass is 10.1. The van der Waals surface area contributed by atoms with E-state index in [1.165, 1.54) is 36.8 Å². The molecule has 0 aliphatic carbocycles. The van der Waals surface area contributed by atoms with E-state index in [9.17, 15) is 14.0 Å². The van der Waals surface area contributed by atoms with E-state index in [4.69, 9.17) is 21.1 Å². The Hall–Kier alpha value is -3.79. The third-order valence-corrected chi connectivity index (χ3v) is 4.52. The summed E-state index contributed by atoms with van der Waals surface area (Å²) in [5.74, 6) is -1.08. The fourth-order valence-electron chi connectivity index (χ4n) is 2.77. The Bertz CT molecular complexity index is 1160. The van der Waals surface area contributed by atoms with Gasteiger partial charge in [0.25, 0.3) is 0 Å². The third-order valence-electron chi connectivity index (χ3n) is 4.23. The number of rotatable bonds is 9. The zero-order valence-corrected chi connectivity index (χ0v) is 18.6. The summed E-state index contributed by atoms with van der Waals surface area (Å²) in [5, 5.41) is 5.80. The molecule has 0 fully saturated rings. The Morgan fingerprint density at radius 2 is 1.88 bits per heavy atom. The predicted molar refractivity (Wildman–Crippen MR) is 121 cm³/mol. The summed E-state index contributed by atoms with van der Waals surface area (Å²) in [6, 6.07) is 5.68. The minimum atomic E-state index is -0.552. The van der Waals surface area contributed by atoms with Crippen LogP contribution in [0.1, 0.15) is 24.2 Å². The highest BCUT2D eigenvalue weighted by molar-refractivity contribution is 6.31. The Morgan fingerprint density at radius 3 is 2.61 bits per heavy atom. The van der Waals surface area contributed by atoms with Crippen molar-refractivity contribution >= 4 is 41.0 Å². The average molecular weight is 474 g/mol. The number of nitrogens with zero attached hydrogens (tertiary/aromatic N) is 3. The molecule has 0 unspecified atom stereocenters. The van der Waals surface area contributed by atoms with Gasteiger partial charge in [-0.3, -0.25) is 9.78 Å². The molecule has 0 spiro atoms. The van der Waals surface area contributed by atoms with Gasteiger partial charge in [0.1, 0.15) is 18.2 Å². The Labute approximate surface area is 194 Å².